The lowest BCUT2D eigenvalue weighted by atomic mass is 9.84. The maximum atomic E-state index is 12.1. The Kier molecular flexibility index (Phi) is 5.61. The number of hydrogen-bond donors (Lipinski definition) is 3. The van der Waals surface area contributed by atoms with Crippen LogP contribution in [0.1, 0.15) is 59.5 Å². The van der Waals surface area contributed by atoms with Crippen molar-refractivity contribution in [2.24, 2.45) is 0 Å². The first-order valence-electron chi connectivity index (χ1n) is 9.75. The lowest BCUT2D eigenvalue weighted by molar-refractivity contribution is 0.102. The monoisotopic (exact) mass is 376 g/mol. The predicted octanol–water partition coefficient (Wildman–Crippen LogP) is 4.11. The third-order valence-corrected chi connectivity index (χ3v) is 5.27. The molecular formula is C21H24N6O. The van der Waals surface area contributed by atoms with Crippen LogP contribution in [0.5, 0.6) is 0 Å². The number of nitrogens with one attached hydrogen (secondary N) is 3. The molecule has 1 aliphatic rings. The summed E-state index contributed by atoms with van der Waals surface area (Å²) in [4.78, 5) is 12.1. The summed E-state index contributed by atoms with van der Waals surface area (Å²) in [6.45, 7) is 0.704. The van der Waals surface area contributed by atoms with E-state index in [1.54, 1.807) is 12.1 Å². The van der Waals surface area contributed by atoms with Gasteiger partial charge in [-0.05, 0) is 59.4 Å². The molecule has 0 radical (unpaired) electrons. The zero-order chi connectivity index (χ0) is 19.2. The molecule has 1 aromatic heterocycles. The zero-order valence-corrected chi connectivity index (χ0v) is 15.7. The second-order valence-electron chi connectivity index (χ2n) is 7.20. The summed E-state index contributed by atoms with van der Waals surface area (Å²) in [5.74, 6) is 0.626. The quantitative estimate of drug-likeness (QED) is 0.602. The largest absolute Gasteiger partial charge is 0.381 e. The van der Waals surface area contributed by atoms with Crippen molar-refractivity contribution in [3.8, 4) is 0 Å². The fourth-order valence-corrected chi connectivity index (χ4v) is 3.68. The third kappa shape index (κ3) is 4.54. The molecule has 28 heavy (non-hydrogen) atoms. The number of hydrogen-bond acceptors (Lipinski definition) is 5. The van der Waals surface area contributed by atoms with E-state index in [1.165, 1.54) is 37.7 Å². The van der Waals surface area contributed by atoms with E-state index in [2.05, 4.69) is 55.5 Å². The van der Waals surface area contributed by atoms with Crippen LogP contribution >= 0.6 is 0 Å². The zero-order valence-electron chi connectivity index (χ0n) is 15.7. The Morgan fingerprint density at radius 3 is 2.43 bits per heavy atom. The molecule has 0 spiro atoms. The van der Waals surface area contributed by atoms with Gasteiger partial charge in [-0.3, -0.25) is 10.1 Å². The number of carbonyl (C=O) groups is 1. The number of aromatic amines is 1. The van der Waals surface area contributed by atoms with Crippen molar-refractivity contribution < 1.29 is 4.79 Å². The highest BCUT2D eigenvalue weighted by Crippen LogP contribution is 2.33. The van der Waals surface area contributed by atoms with Crippen molar-refractivity contribution in [1.29, 1.82) is 0 Å². The third-order valence-electron chi connectivity index (χ3n) is 5.27. The molecular weight excluding hydrogens is 352 g/mol. The molecule has 0 saturated heterocycles. The Labute approximate surface area is 163 Å². The van der Waals surface area contributed by atoms with E-state index in [-0.39, 0.29) is 11.9 Å². The van der Waals surface area contributed by atoms with Gasteiger partial charge in [0.2, 0.25) is 0 Å². The maximum Gasteiger partial charge on any atom is 0.270 e. The second-order valence-corrected chi connectivity index (χ2v) is 7.20. The minimum absolute atomic E-state index is 0.160. The first-order chi connectivity index (χ1) is 13.8. The number of H-pyrrole nitrogens is 1. The first kappa shape index (κ1) is 18.2. The number of benzene rings is 2. The van der Waals surface area contributed by atoms with E-state index in [1.807, 2.05) is 12.1 Å². The van der Waals surface area contributed by atoms with Gasteiger partial charge in [0.15, 0.2) is 0 Å². The number of anilines is 2. The van der Waals surface area contributed by atoms with Crippen LogP contribution in [0.3, 0.4) is 0 Å². The Hall–Kier alpha value is -3.22. The molecule has 4 rings (SSSR count). The highest BCUT2D eigenvalue weighted by Gasteiger charge is 2.15. The smallest absolute Gasteiger partial charge is 0.270 e. The summed E-state index contributed by atoms with van der Waals surface area (Å²) in [5, 5.41) is 19.1. The van der Waals surface area contributed by atoms with Crippen LogP contribution < -0.4 is 10.6 Å². The molecule has 3 N–H and O–H groups in total. The van der Waals surface area contributed by atoms with Crippen LogP contribution in [-0.2, 0) is 6.54 Å². The van der Waals surface area contributed by atoms with Gasteiger partial charge in [-0.1, -0.05) is 48.6 Å². The Balaban J connectivity index is 1.30. The number of aromatic nitrogens is 4. The summed E-state index contributed by atoms with van der Waals surface area (Å²) in [5.41, 5.74) is 4.22. The maximum absolute atomic E-state index is 12.1. The average Bonchev–Trinajstić information content (AvgIpc) is 3.27. The molecule has 7 nitrogen and oxygen atoms in total. The molecule has 1 heterocycles. The molecule has 1 saturated carbocycles. The molecule has 0 aliphatic heterocycles. The number of carbonyl (C=O) groups excluding carboxylic acids is 1. The number of tetrazole rings is 1. The summed E-state index contributed by atoms with van der Waals surface area (Å²) in [6.07, 6.45) is 6.73. The molecule has 144 valence electrons. The van der Waals surface area contributed by atoms with Crippen LogP contribution in [-0.4, -0.2) is 26.5 Å². The molecule has 3 aromatic rings. The van der Waals surface area contributed by atoms with Gasteiger partial charge in [0.25, 0.3) is 11.9 Å². The minimum Gasteiger partial charge on any atom is -0.381 e. The molecule has 0 unspecified atom stereocenters. The SMILES string of the molecule is O=C(Nc1nn[nH]n1)c1ccc(CNc2ccc(C3CCCCC3)cc2)cc1. The fraction of sp³-hybridized carbons (Fsp3) is 0.333. The Morgan fingerprint density at radius 1 is 1.00 bits per heavy atom. The lowest BCUT2D eigenvalue weighted by Crippen LogP contribution is -2.13. The number of rotatable bonds is 6. The van der Waals surface area contributed by atoms with Crippen molar-refractivity contribution >= 4 is 17.5 Å². The fourth-order valence-electron chi connectivity index (χ4n) is 3.68. The first-order valence-corrected chi connectivity index (χ1v) is 9.75. The Bertz CT molecular complexity index is 884. The van der Waals surface area contributed by atoms with Gasteiger partial charge in [0.1, 0.15) is 0 Å². The van der Waals surface area contributed by atoms with Crippen molar-refractivity contribution in [2.45, 2.75) is 44.6 Å². The van der Waals surface area contributed by atoms with Gasteiger partial charge in [0.05, 0.1) is 0 Å². The molecule has 1 fully saturated rings. The summed E-state index contributed by atoms with van der Waals surface area (Å²) in [7, 11) is 0. The molecule has 0 atom stereocenters. The average molecular weight is 376 g/mol. The van der Waals surface area contributed by atoms with E-state index in [4.69, 9.17) is 0 Å². The van der Waals surface area contributed by atoms with Gasteiger partial charge in [-0.25, -0.2) is 0 Å². The standard InChI is InChI=1S/C21H24N6O/c28-20(23-21-24-26-27-25-21)18-8-6-15(7-9-18)14-22-19-12-10-17(11-13-19)16-4-2-1-3-5-16/h6-13,16,22H,1-5,14H2,(H2,23,24,25,26,27,28). The minimum atomic E-state index is -0.265. The van der Waals surface area contributed by atoms with Gasteiger partial charge in [-0.15, -0.1) is 5.10 Å². The van der Waals surface area contributed by atoms with E-state index < -0.39 is 0 Å². The van der Waals surface area contributed by atoms with E-state index in [0.717, 1.165) is 17.2 Å². The van der Waals surface area contributed by atoms with Gasteiger partial charge in [-0.2, -0.15) is 5.21 Å². The predicted molar refractivity (Wildman–Crippen MR) is 108 cm³/mol. The van der Waals surface area contributed by atoms with Crippen molar-refractivity contribution in [1.82, 2.24) is 20.6 Å². The summed E-state index contributed by atoms with van der Waals surface area (Å²) >= 11 is 0. The van der Waals surface area contributed by atoms with Crippen LogP contribution in [0.15, 0.2) is 48.5 Å². The highest BCUT2D eigenvalue weighted by molar-refractivity contribution is 6.03. The van der Waals surface area contributed by atoms with E-state index >= 15 is 0 Å². The van der Waals surface area contributed by atoms with Crippen molar-refractivity contribution in [2.75, 3.05) is 10.6 Å². The molecule has 0 bridgehead atoms. The normalized spacial score (nSPS) is 14.6. The summed E-state index contributed by atoms with van der Waals surface area (Å²) in [6, 6.07) is 16.3. The summed E-state index contributed by atoms with van der Waals surface area (Å²) < 4.78 is 0. The van der Waals surface area contributed by atoms with Gasteiger partial charge < -0.3 is 5.32 Å². The van der Waals surface area contributed by atoms with Crippen molar-refractivity contribution in [3.05, 3.63) is 65.2 Å². The van der Waals surface area contributed by atoms with Gasteiger partial charge >= 0.3 is 0 Å². The molecule has 1 aliphatic carbocycles. The molecule has 2 aromatic carbocycles. The molecule has 7 heteroatoms. The lowest BCUT2D eigenvalue weighted by Gasteiger charge is -2.22. The van der Waals surface area contributed by atoms with Crippen LogP contribution in [0.4, 0.5) is 11.6 Å². The van der Waals surface area contributed by atoms with Crippen LogP contribution in [0.2, 0.25) is 0 Å². The highest BCUT2D eigenvalue weighted by atomic mass is 16.1. The number of nitrogens with zero attached hydrogens (tertiary/aromatic N) is 3. The van der Waals surface area contributed by atoms with E-state index in [0.29, 0.717) is 12.1 Å². The van der Waals surface area contributed by atoms with E-state index in [9.17, 15) is 4.79 Å². The molecule has 1 amide bonds. The Morgan fingerprint density at radius 2 is 1.75 bits per heavy atom. The number of amides is 1. The van der Waals surface area contributed by atoms with Crippen LogP contribution in [0.25, 0.3) is 0 Å². The van der Waals surface area contributed by atoms with Gasteiger partial charge in [0, 0.05) is 17.8 Å². The van der Waals surface area contributed by atoms with Crippen molar-refractivity contribution in [3.63, 3.8) is 0 Å². The van der Waals surface area contributed by atoms with Crippen LogP contribution in [0, 0.1) is 0 Å². The topological polar surface area (TPSA) is 95.6 Å². The second kappa shape index (κ2) is 8.65.